The van der Waals surface area contributed by atoms with Gasteiger partial charge in [-0.2, -0.15) is 0 Å². The van der Waals surface area contributed by atoms with Crippen LogP contribution in [0, 0.1) is 0 Å². The third-order valence-corrected chi connectivity index (χ3v) is 4.88. The fourth-order valence-electron chi connectivity index (χ4n) is 1.94. The fraction of sp³-hybridized carbons (Fsp3) is 0.438. The van der Waals surface area contributed by atoms with Gasteiger partial charge in [-0.15, -0.1) is 0 Å². The number of amides is 3. The Morgan fingerprint density at radius 2 is 1.78 bits per heavy atom. The fourth-order valence-corrected chi connectivity index (χ4v) is 3.56. The molecule has 0 aromatic heterocycles. The van der Waals surface area contributed by atoms with Gasteiger partial charge in [-0.3, -0.25) is 10.1 Å². The van der Waals surface area contributed by atoms with Crippen LogP contribution in [0.5, 0.6) is 0 Å². The van der Waals surface area contributed by atoms with Crippen molar-refractivity contribution in [1.82, 2.24) is 15.5 Å². The summed E-state index contributed by atoms with van der Waals surface area (Å²) in [6.45, 7) is 7.85. The monoisotopic (exact) mass is 353 g/mol. The van der Waals surface area contributed by atoms with E-state index in [4.69, 9.17) is 12.2 Å². The van der Waals surface area contributed by atoms with Gasteiger partial charge in [0.2, 0.25) is 5.91 Å². The van der Waals surface area contributed by atoms with Crippen LogP contribution in [0.2, 0.25) is 0 Å². The van der Waals surface area contributed by atoms with Crippen molar-refractivity contribution in [3.63, 3.8) is 0 Å². The second kappa shape index (κ2) is 10.2. The van der Waals surface area contributed by atoms with Crippen molar-refractivity contribution >= 4 is 40.2 Å². The first-order valence-electron chi connectivity index (χ1n) is 7.62. The molecule has 3 amide bonds. The first kappa shape index (κ1) is 19.4. The van der Waals surface area contributed by atoms with Crippen LogP contribution in [-0.4, -0.2) is 40.8 Å². The minimum Gasteiger partial charge on any atom is -0.358 e. The van der Waals surface area contributed by atoms with Crippen LogP contribution in [0.25, 0.3) is 0 Å². The van der Waals surface area contributed by atoms with Gasteiger partial charge >= 0.3 is 6.03 Å². The van der Waals surface area contributed by atoms with E-state index in [1.165, 1.54) is 11.8 Å². The Bertz CT molecular complexity index is 533. The molecular formula is C16H23N3O2S2. The molecule has 1 atom stereocenters. The summed E-state index contributed by atoms with van der Waals surface area (Å²) in [5, 5.41) is 4.37. The van der Waals surface area contributed by atoms with Gasteiger partial charge in [0.05, 0.1) is 0 Å². The van der Waals surface area contributed by atoms with E-state index in [-0.39, 0.29) is 5.91 Å². The molecule has 0 fully saturated rings. The predicted octanol–water partition coefficient (Wildman–Crippen LogP) is 2.93. The van der Waals surface area contributed by atoms with Crippen LogP contribution in [0.4, 0.5) is 4.79 Å². The summed E-state index contributed by atoms with van der Waals surface area (Å²) >= 11 is 6.73. The van der Waals surface area contributed by atoms with E-state index in [2.05, 4.69) is 10.6 Å². The molecule has 0 saturated carbocycles. The van der Waals surface area contributed by atoms with Crippen LogP contribution in [0.1, 0.15) is 31.6 Å². The van der Waals surface area contributed by atoms with Gasteiger partial charge in [-0.1, -0.05) is 54.3 Å². The molecule has 7 heteroatoms. The number of rotatable bonds is 6. The molecule has 0 saturated heterocycles. The maximum Gasteiger partial charge on any atom is 0.321 e. The molecule has 1 aromatic rings. The van der Waals surface area contributed by atoms with E-state index in [0.29, 0.717) is 10.9 Å². The number of carbonyl (C=O) groups is 2. The van der Waals surface area contributed by atoms with Gasteiger partial charge in [0.15, 0.2) is 0 Å². The number of hydrogen-bond acceptors (Lipinski definition) is 4. The molecule has 5 nitrogen and oxygen atoms in total. The molecule has 1 rings (SSSR count). The molecule has 2 N–H and O–H groups in total. The van der Waals surface area contributed by atoms with Gasteiger partial charge < -0.3 is 10.2 Å². The van der Waals surface area contributed by atoms with Crippen molar-refractivity contribution in [1.29, 1.82) is 0 Å². The first-order chi connectivity index (χ1) is 11.0. The van der Waals surface area contributed by atoms with Crippen molar-refractivity contribution < 1.29 is 9.59 Å². The Kier molecular flexibility index (Phi) is 8.65. The van der Waals surface area contributed by atoms with E-state index in [1.807, 2.05) is 49.1 Å². The predicted molar refractivity (Wildman–Crippen MR) is 99.5 cm³/mol. The number of benzene rings is 1. The van der Waals surface area contributed by atoms with Gasteiger partial charge in [-0.25, -0.2) is 4.79 Å². The maximum atomic E-state index is 12.5. The van der Waals surface area contributed by atoms with Gasteiger partial charge in [0.25, 0.3) is 0 Å². The lowest BCUT2D eigenvalue weighted by atomic mass is 10.1. The number of nitrogens with zero attached hydrogens (tertiary/aromatic N) is 1. The number of thiocarbonyl (C=S) groups is 1. The Labute approximate surface area is 147 Å². The highest BCUT2D eigenvalue weighted by molar-refractivity contribution is 8.23. The summed E-state index contributed by atoms with van der Waals surface area (Å²) in [7, 11) is 0. The SMILES string of the molecule is CCNC(=O)NC(=O)[C@H](SC(=S)N(CC)CC)c1ccccc1. The second-order valence-corrected chi connectivity index (χ2v) is 6.43. The Balaban J connectivity index is 2.92. The number of carbonyl (C=O) groups excluding carboxylic acids is 2. The zero-order valence-corrected chi connectivity index (χ0v) is 15.3. The van der Waals surface area contributed by atoms with E-state index >= 15 is 0 Å². The minimum atomic E-state index is -0.563. The maximum absolute atomic E-state index is 12.5. The summed E-state index contributed by atoms with van der Waals surface area (Å²) in [5.74, 6) is -0.373. The Hall–Kier alpha value is -1.60. The summed E-state index contributed by atoms with van der Waals surface area (Å²) in [6.07, 6.45) is 0. The quantitative estimate of drug-likeness (QED) is 0.770. The summed E-state index contributed by atoms with van der Waals surface area (Å²) in [4.78, 5) is 26.1. The number of nitrogens with one attached hydrogen (secondary N) is 2. The van der Waals surface area contributed by atoms with E-state index in [0.717, 1.165) is 18.7 Å². The number of hydrogen-bond donors (Lipinski definition) is 2. The molecule has 0 radical (unpaired) electrons. The van der Waals surface area contributed by atoms with Crippen molar-refractivity contribution in [3.05, 3.63) is 35.9 Å². The first-order valence-corrected chi connectivity index (χ1v) is 8.91. The summed E-state index contributed by atoms with van der Waals surface area (Å²) in [5.41, 5.74) is 0.814. The average Bonchev–Trinajstić information content (AvgIpc) is 2.54. The number of imide groups is 1. The number of urea groups is 1. The highest BCUT2D eigenvalue weighted by Gasteiger charge is 2.25. The van der Waals surface area contributed by atoms with Crippen LogP contribution < -0.4 is 10.6 Å². The minimum absolute atomic E-state index is 0.373. The van der Waals surface area contributed by atoms with Crippen LogP contribution in [-0.2, 0) is 4.79 Å². The van der Waals surface area contributed by atoms with Crippen molar-refractivity contribution in [2.24, 2.45) is 0 Å². The van der Waals surface area contributed by atoms with Crippen LogP contribution in [0.15, 0.2) is 30.3 Å². The highest BCUT2D eigenvalue weighted by Crippen LogP contribution is 2.31. The molecule has 0 heterocycles. The third kappa shape index (κ3) is 6.19. The third-order valence-electron chi connectivity index (χ3n) is 3.15. The summed E-state index contributed by atoms with van der Waals surface area (Å²) in [6, 6.07) is 8.84. The molecular weight excluding hydrogens is 330 g/mol. The van der Waals surface area contributed by atoms with Crippen molar-refractivity contribution in [2.45, 2.75) is 26.0 Å². The molecule has 0 aliphatic heterocycles. The molecule has 1 aromatic carbocycles. The van der Waals surface area contributed by atoms with E-state index in [1.54, 1.807) is 6.92 Å². The van der Waals surface area contributed by atoms with E-state index in [9.17, 15) is 9.59 Å². The highest BCUT2D eigenvalue weighted by atomic mass is 32.2. The zero-order chi connectivity index (χ0) is 17.2. The standard InChI is InChI=1S/C16H23N3O2S2/c1-4-17-15(21)18-14(20)13(12-10-8-7-9-11-12)23-16(22)19(5-2)6-3/h7-11,13H,4-6H2,1-3H3,(H2,17,18,20,21)/t13-/m1/s1. The average molecular weight is 354 g/mol. The molecule has 0 aliphatic rings. The molecule has 0 unspecified atom stereocenters. The summed E-state index contributed by atoms with van der Waals surface area (Å²) < 4.78 is 0.648. The molecule has 0 bridgehead atoms. The van der Waals surface area contributed by atoms with Crippen LogP contribution >= 0.6 is 24.0 Å². The van der Waals surface area contributed by atoms with Crippen LogP contribution in [0.3, 0.4) is 0 Å². The largest absolute Gasteiger partial charge is 0.358 e. The lowest BCUT2D eigenvalue weighted by Gasteiger charge is -2.24. The number of thioether (sulfide) groups is 1. The lowest BCUT2D eigenvalue weighted by molar-refractivity contribution is -0.119. The normalized spacial score (nSPS) is 11.4. The molecule has 126 valence electrons. The van der Waals surface area contributed by atoms with Crippen molar-refractivity contribution in [2.75, 3.05) is 19.6 Å². The lowest BCUT2D eigenvalue weighted by Crippen LogP contribution is -2.41. The molecule has 0 spiro atoms. The smallest absolute Gasteiger partial charge is 0.321 e. The van der Waals surface area contributed by atoms with Gasteiger partial charge in [0, 0.05) is 19.6 Å². The molecule has 23 heavy (non-hydrogen) atoms. The van der Waals surface area contributed by atoms with Gasteiger partial charge in [0.1, 0.15) is 9.57 Å². The Morgan fingerprint density at radius 1 is 1.17 bits per heavy atom. The van der Waals surface area contributed by atoms with E-state index < -0.39 is 11.3 Å². The topological polar surface area (TPSA) is 61.4 Å². The Morgan fingerprint density at radius 3 is 2.30 bits per heavy atom. The zero-order valence-electron chi connectivity index (χ0n) is 13.7. The molecule has 0 aliphatic carbocycles. The van der Waals surface area contributed by atoms with Gasteiger partial charge in [-0.05, 0) is 26.3 Å². The van der Waals surface area contributed by atoms with Crippen molar-refractivity contribution in [3.8, 4) is 0 Å². The second-order valence-electron chi connectivity index (χ2n) is 4.70.